The van der Waals surface area contributed by atoms with Crippen molar-refractivity contribution < 1.29 is 4.79 Å². The number of primary amides is 1. The largest absolute Gasteiger partial charge is 0.366 e. The van der Waals surface area contributed by atoms with Gasteiger partial charge < -0.3 is 11.5 Å². The molecule has 1 aromatic rings. The summed E-state index contributed by atoms with van der Waals surface area (Å²) in [5.74, 6) is 0.232. The lowest BCUT2D eigenvalue weighted by Crippen LogP contribution is -2.51. The zero-order valence-corrected chi connectivity index (χ0v) is 11.5. The van der Waals surface area contributed by atoms with E-state index < -0.39 is 0 Å². The number of hydrogen-bond acceptors (Lipinski definition) is 2. The van der Waals surface area contributed by atoms with Gasteiger partial charge in [-0.2, -0.15) is 0 Å². The van der Waals surface area contributed by atoms with E-state index in [4.69, 9.17) is 11.5 Å². The van der Waals surface area contributed by atoms with Gasteiger partial charge in [0.2, 0.25) is 5.91 Å². The van der Waals surface area contributed by atoms with Crippen molar-refractivity contribution in [2.45, 2.75) is 50.5 Å². The standard InChI is InChI=1S/C16H22N2O/c1-16-7-3-2-4-11(14(16)17)8-10-5-6-12(15(18)19)9-13(10)16/h5-6,9,11,14H,2-4,7-8,17H2,1H3,(H2,18,19)/t11?,14-,16+/m0/s1. The molecular formula is C16H22N2O. The normalized spacial score (nSPS) is 33.4. The molecule has 1 amide bonds. The van der Waals surface area contributed by atoms with E-state index in [-0.39, 0.29) is 17.4 Å². The van der Waals surface area contributed by atoms with Gasteiger partial charge in [0.1, 0.15) is 0 Å². The summed E-state index contributed by atoms with van der Waals surface area (Å²) in [5, 5.41) is 0. The van der Waals surface area contributed by atoms with Gasteiger partial charge in [-0.05, 0) is 48.4 Å². The molecule has 102 valence electrons. The monoisotopic (exact) mass is 258 g/mol. The molecule has 19 heavy (non-hydrogen) atoms. The Labute approximate surface area is 114 Å². The van der Waals surface area contributed by atoms with Crippen molar-refractivity contribution >= 4 is 5.91 Å². The number of benzene rings is 1. The summed E-state index contributed by atoms with van der Waals surface area (Å²) in [5.41, 5.74) is 15.2. The van der Waals surface area contributed by atoms with Crippen molar-refractivity contribution in [2.24, 2.45) is 17.4 Å². The molecule has 0 aliphatic heterocycles. The number of nitrogens with two attached hydrogens (primary N) is 2. The number of rotatable bonds is 1. The highest BCUT2D eigenvalue weighted by atomic mass is 16.1. The van der Waals surface area contributed by atoms with Gasteiger partial charge in [-0.15, -0.1) is 0 Å². The fraction of sp³-hybridized carbons (Fsp3) is 0.562. The summed E-state index contributed by atoms with van der Waals surface area (Å²) in [7, 11) is 0. The first-order chi connectivity index (χ1) is 9.02. The molecule has 0 aromatic heterocycles. The molecule has 4 N–H and O–H groups in total. The molecule has 1 fully saturated rings. The van der Waals surface area contributed by atoms with Crippen molar-refractivity contribution in [2.75, 3.05) is 0 Å². The zero-order valence-electron chi connectivity index (χ0n) is 11.5. The molecule has 2 aliphatic rings. The first-order valence-electron chi connectivity index (χ1n) is 7.21. The smallest absolute Gasteiger partial charge is 0.248 e. The van der Waals surface area contributed by atoms with E-state index in [2.05, 4.69) is 13.0 Å². The van der Waals surface area contributed by atoms with Crippen LogP contribution in [0.1, 0.15) is 54.1 Å². The Morgan fingerprint density at radius 3 is 2.89 bits per heavy atom. The molecule has 0 radical (unpaired) electrons. The van der Waals surface area contributed by atoms with Crippen LogP contribution in [0.3, 0.4) is 0 Å². The summed E-state index contributed by atoms with van der Waals surface area (Å²) in [4.78, 5) is 11.4. The van der Waals surface area contributed by atoms with E-state index in [0.717, 1.165) is 12.8 Å². The van der Waals surface area contributed by atoms with Crippen LogP contribution in [-0.2, 0) is 11.8 Å². The van der Waals surface area contributed by atoms with Gasteiger partial charge in [0.15, 0.2) is 0 Å². The third-order valence-corrected chi connectivity index (χ3v) is 5.26. The highest BCUT2D eigenvalue weighted by Gasteiger charge is 2.44. The molecule has 0 spiro atoms. The van der Waals surface area contributed by atoms with E-state index in [9.17, 15) is 4.79 Å². The minimum absolute atomic E-state index is 0.000208. The maximum Gasteiger partial charge on any atom is 0.248 e. The van der Waals surface area contributed by atoms with Gasteiger partial charge >= 0.3 is 0 Å². The maximum absolute atomic E-state index is 11.4. The Bertz CT molecular complexity index is 525. The summed E-state index contributed by atoms with van der Waals surface area (Å²) >= 11 is 0. The highest BCUT2D eigenvalue weighted by Crippen LogP contribution is 2.46. The van der Waals surface area contributed by atoms with Crippen LogP contribution in [0.5, 0.6) is 0 Å². The molecule has 3 rings (SSSR count). The van der Waals surface area contributed by atoms with Crippen molar-refractivity contribution in [3.63, 3.8) is 0 Å². The van der Waals surface area contributed by atoms with Gasteiger partial charge in [-0.3, -0.25) is 4.79 Å². The Hall–Kier alpha value is -1.35. The van der Waals surface area contributed by atoms with Crippen LogP contribution >= 0.6 is 0 Å². The molecule has 1 aromatic carbocycles. The van der Waals surface area contributed by atoms with Crippen molar-refractivity contribution in [3.05, 3.63) is 34.9 Å². The topological polar surface area (TPSA) is 69.1 Å². The maximum atomic E-state index is 11.4. The molecule has 3 atom stereocenters. The molecule has 1 unspecified atom stereocenters. The lowest BCUT2D eigenvalue weighted by Gasteiger charge is -2.44. The SMILES string of the molecule is C[C@@]12CCCCC(Cc3ccc(C(N)=O)cc31)[C@@H]2N. The number of amides is 1. The van der Waals surface area contributed by atoms with Gasteiger partial charge in [-0.25, -0.2) is 0 Å². The molecule has 1 saturated carbocycles. The van der Waals surface area contributed by atoms with Crippen LogP contribution in [0.15, 0.2) is 18.2 Å². The van der Waals surface area contributed by atoms with Crippen LogP contribution in [-0.4, -0.2) is 11.9 Å². The molecule has 2 aliphatic carbocycles. The minimum Gasteiger partial charge on any atom is -0.366 e. The van der Waals surface area contributed by atoms with Gasteiger partial charge in [0, 0.05) is 17.0 Å². The highest BCUT2D eigenvalue weighted by molar-refractivity contribution is 5.93. The fourth-order valence-electron chi connectivity index (χ4n) is 4.03. The lowest BCUT2D eigenvalue weighted by atomic mass is 9.63. The van der Waals surface area contributed by atoms with E-state index in [1.165, 1.54) is 30.4 Å². The van der Waals surface area contributed by atoms with Crippen LogP contribution in [0, 0.1) is 5.92 Å². The summed E-state index contributed by atoms with van der Waals surface area (Å²) in [6, 6.07) is 6.12. The van der Waals surface area contributed by atoms with E-state index in [0.29, 0.717) is 11.5 Å². The van der Waals surface area contributed by atoms with Gasteiger partial charge in [0.05, 0.1) is 0 Å². The van der Waals surface area contributed by atoms with Crippen molar-refractivity contribution in [1.29, 1.82) is 0 Å². The third kappa shape index (κ3) is 1.88. The van der Waals surface area contributed by atoms with Crippen LogP contribution in [0.25, 0.3) is 0 Å². The third-order valence-electron chi connectivity index (χ3n) is 5.26. The first kappa shape index (κ1) is 12.7. The average molecular weight is 258 g/mol. The first-order valence-corrected chi connectivity index (χ1v) is 7.21. The summed E-state index contributed by atoms with van der Waals surface area (Å²) < 4.78 is 0. The molecule has 0 heterocycles. The Morgan fingerprint density at radius 2 is 2.16 bits per heavy atom. The van der Waals surface area contributed by atoms with Crippen molar-refractivity contribution in [1.82, 2.24) is 0 Å². The summed E-state index contributed by atoms with van der Waals surface area (Å²) in [6.07, 6.45) is 5.88. The molecule has 3 nitrogen and oxygen atoms in total. The van der Waals surface area contributed by atoms with Gasteiger partial charge in [-0.1, -0.05) is 25.8 Å². The second-order valence-electron chi connectivity index (χ2n) is 6.39. The molecule has 2 bridgehead atoms. The quantitative estimate of drug-likeness (QED) is 0.810. The van der Waals surface area contributed by atoms with E-state index >= 15 is 0 Å². The average Bonchev–Trinajstić information content (AvgIpc) is 2.48. The number of fused-ring (bicyclic) bond motifs is 4. The number of hydrogen-bond donors (Lipinski definition) is 2. The molecule has 3 heteroatoms. The Kier molecular flexibility index (Phi) is 2.90. The summed E-state index contributed by atoms with van der Waals surface area (Å²) in [6.45, 7) is 2.26. The number of carbonyl (C=O) groups is 1. The van der Waals surface area contributed by atoms with Crippen LogP contribution in [0.4, 0.5) is 0 Å². The second-order valence-corrected chi connectivity index (χ2v) is 6.39. The number of carbonyl (C=O) groups excluding carboxylic acids is 1. The van der Waals surface area contributed by atoms with Crippen molar-refractivity contribution in [3.8, 4) is 0 Å². The van der Waals surface area contributed by atoms with E-state index in [1.54, 1.807) is 0 Å². The molecule has 0 saturated heterocycles. The van der Waals surface area contributed by atoms with Crippen LogP contribution < -0.4 is 11.5 Å². The lowest BCUT2D eigenvalue weighted by molar-refractivity contribution is 0.1000. The van der Waals surface area contributed by atoms with Gasteiger partial charge in [0.25, 0.3) is 0 Å². The van der Waals surface area contributed by atoms with Crippen LogP contribution in [0.2, 0.25) is 0 Å². The predicted octanol–water partition coefficient (Wildman–Crippen LogP) is 2.12. The molecular weight excluding hydrogens is 236 g/mol. The zero-order chi connectivity index (χ0) is 13.6. The second kappa shape index (κ2) is 4.34. The Morgan fingerprint density at radius 1 is 1.37 bits per heavy atom. The Balaban J connectivity index is 2.15. The fourth-order valence-corrected chi connectivity index (χ4v) is 4.03. The van der Waals surface area contributed by atoms with E-state index in [1.807, 2.05) is 12.1 Å². The predicted molar refractivity (Wildman–Crippen MR) is 75.9 cm³/mol. The minimum atomic E-state index is -0.351.